The second-order valence-corrected chi connectivity index (χ2v) is 2.84. The molecule has 2 N–H and O–H groups in total. The molecular formula is C9H8O3. The number of aliphatic hydroxyl groups is 2. The molecule has 3 nitrogen and oxygen atoms in total. The number of rotatable bonds is 0. The summed E-state index contributed by atoms with van der Waals surface area (Å²) in [6.07, 6.45) is -2.32. The van der Waals surface area contributed by atoms with Crippen molar-refractivity contribution in [3.8, 4) is 0 Å². The van der Waals surface area contributed by atoms with Crippen molar-refractivity contribution >= 4 is 5.78 Å². The van der Waals surface area contributed by atoms with Gasteiger partial charge in [-0.25, -0.2) is 0 Å². The van der Waals surface area contributed by atoms with Gasteiger partial charge in [0.25, 0.3) is 0 Å². The van der Waals surface area contributed by atoms with Gasteiger partial charge in [0, 0.05) is 5.56 Å². The Morgan fingerprint density at radius 3 is 2.42 bits per heavy atom. The van der Waals surface area contributed by atoms with Crippen molar-refractivity contribution in [3.05, 3.63) is 35.4 Å². The van der Waals surface area contributed by atoms with Gasteiger partial charge in [0.2, 0.25) is 0 Å². The van der Waals surface area contributed by atoms with Crippen molar-refractivity contribution in [2.75, 3.05) is 0 Å². The number of carbonyl (C=O) groups excluding carboxylic acids is 1. The summed E-state index contributed by atoms with van der Waals surface area (Å²) in [5, 5.41) is 18.5. The van der Waals surface area contributed by atoms with E-state index >= 15 is 0 Å². The highest BCUT2D eigenvalue weighted by Gasteiger charge is 2.36. The predicted octanol–water partition coefficient (Wildman–Crippen LogP) is 0.277. The lowest BCUT2D eigenvalue weighted by molar-refractivity contribution is 0.0297. The largest absolute Gasteiger partial charge is 0.385 e. The lowest BCUT2D eigenvalue weighted by Gasteiger charge is -2.04. The van der Waals surface area contributed by atoms with Crippen molar-refractivity contribution < 1.29 is 15.0 Å². The summed E-state index contributed by atoms with van der Waals surface area (Å²) in [6, 6.07) is 6.69. The van der Waals surface area contributed by atoms with E-state index in [4.69, 9.17) is 0 Å². The molecule has 0 fully saturated rings. The van der Waals surface area contributed by atoms with Crippen molar-refractivity contribution in [1.82, 2.24) is 0 Å². The van der Waals surface area contributed by atoms with E-state index in [1.54, 1.807) is 24.3 Å². The van der Waals surface area contributed by atoms with Crippen LogP contribution < -0.4 is 0 Å². The van der Waals surface area contributed by atoms with E-state index in [0.717, 1.165) is 0 Å². The van der Waals surface area contributed by atoms with Crippen LogP contribution in [0.2, 0.25) is 0 Å². The minimum atomic E-state index is -1.28. The number of Topliss-reactive ketones (excluding diaryl/α,β-unsaturated/α-hetero) is 1. The molecule has 12 heavy (non-hydrogen) atoms. The van der Waals surface area contributed by atoms with Gasteiger partial charge in [-0.15, -0.1) is 0 Å². The Morgan fingerprint density at radius 2 is 1.75 bits per heavy atom. The fourth-order valence-corrected chi connectivity index (χ4v) is 1.45. The summed E-state index contributed by atoms with van der Waals surface area (Å²) in [4.78, 5) is 11.2. The van der Waals surface area contributed by atoms with Gasteiger partial charge in [0.05, 0.1) is 0 Å². The van der Waals surface area contributed by atoms with Crippen LogP contribution in [0.1, 0.15) is 22.0 Å². The van der Waals surface area contributed by atoms with Crippen LogP contribution in [0, 0.1) is 0 Å². The molecule has 0 aliphatic heterocycles. The zero-order chi connectivity index (χ0) is 8.72. The third-order valence-electron chi connectivity index (χ3n) is 2.11. The molecule has 0 spiro atoms. The van der Waals surface area contributed by atoms with Crippen molar-refractivity contribution in [2.45, 2.75) is 12.2 Å². The first-order chi connectivity index (χ1) is 5.72. The topological polar surface area (TPSA) is 57.5 Å². The average Bonchev–Trinajstić information content (AvgIpc) is 2.33. The molecule has 0 saturated heterocycles. The van der Waals surface area contributed by atoms with E-state index in [1.165, 1.54) is 0 Å². The second kappa shape index (κ2) is 2.40. The van der Waals surface area contributed by atoms with Crippen molar-refractivity contribution in [3.63, 3.8) is 0 Å². The highest BCUT2D eigenvalue weighted by atomic mass is 16.3. The smallest absolute Gasteiger partial charge is 0.194 e. The van der Waals surface area contributed by atoms with Crippen LogP contribution >= 0.6 is 0 Å². The average molecular weight is 164 g/mol. The van der Waals surface area contributed by atoms with Gasteiger partial charge in [-0.2, -0.15) is 0 Å². The first kappa shape index (κ1) is 7.46. The molecular weight excluding hydrogens is 156 g/mol. The summed E-state index contributed by atoms with van der Waals surface area (Å²) in [7, 11) is 0. The predicted molar refractivity (Wildman–Crippen MR) is 41.7 cm³/mol. The summed E-state index contributed by atoms with van der Waals surface area (Å²) in [5.41, 5.74) is 0.951. The minimum Gasteiger partial charge on any atom is -0.385 e. The van der Waals surface area contributed by atoms with E-state index in [0.29, 0.717) is 11.1 Å². The van der Waals surface area contributed by atoms with Crippen LogP contribution in [-0.2, 0) is 0 Å². The number of carbonyl (C=O) groups is 1. The van der Waals surface area contributed by atoms with Crippen LogP contribution in [0.25, 0.3) is 0 Å². The SMILES string of the molecule is O=C1c2ccccc2C(O)C1O. The lowest BCUT2D eigenvalue weighted by Crippen LogP contribution is -2.18. The summed E-state index contributed by atoms with van der Waals surface area (Å²) < 4.78 is 0. The number of hydrogen-bond donors (Lipinski definition) is 2. The Bertz CT molecular complexity index is 332. The van der Waals surface area contributed by atoms with Crippen molar-refractivity contribution in [1.29, 1.82) is 0 Å². The molecule has 1 aliphatic carbocycles. The van der Waals surface area contributed by atoms with E-state index in [2.05, 4.69) is 0 Å². The Labute approximate surface area is 69.3 Å². The molecule has 0 saturated carbocycles. The van der Waals surface area contributed by atoms with Gasteiger partial charge in [-0.3, -0.25) is 4.79 Å². The molecule has 1 aromatic carbocycles. The summed E-state index contributed by atoms with van der Waals surface area (Å²) >= 11 is 0. The normalized spacial score (nSPS) is 27.3. The summed E-state index contributed by atoms with van der Waals surface area (Å²) in [5.74, 6) is -0.391. The van der Waals surface area contributed by atoms with E-state index in [-0.39, 0.29) is 0 Å². The molecule has 0 bridgehead atoms. The molecule has 0 amide bonds. The summed E-state index contributed by atoms with van der Waals surface area (Å²) in [6.45, 7) is 0. The Morgan fingerprint density at radius 1 is 1.08 bits per heavy atom. The molecule has 1 aromatic rings. The van der Waals surface area contributed by atoms with Gasteiger partial charge in [-0.05, 0) is 5.56 Å². The standard InChI is InChI=1S/C9H8O3/c10-7-5-3-1-2-4-6(5)8(11)9(7)12/h1-4,7,9-10,12H. The minimum absolute atomic E-state index is 0.391. The zero-order valence-electron chi connectivity index (χ0n) is 6.27. The van der Waals surface area contributed by atoms with Gasteiger partial charge < -0.3 is 10.2 Å². The maximum atomic E-state index is 11.2. The quantitative estimate of drug-likeness (QED) is 0.579. The van der Waals surface area contributed by atoms with Gasteiger partial charge in [-0.1, -0.05) is 24.3 Å². The Hall–Kier alpha value is -1.19. The lowest BCUT2D eigenvalue weighted by atomic mass is 10.1. The zero-order valence-corrected chi connectivity index (χ0v) is 6.27. The molecule has 0 heterocycles. The third kappa shape index (κ3) is 0.807. The van der Waals surface area contributed by atoms with Crippen molar-refractivity contribution in [2.24, 2.45) is 0 Å². The second-order valence-electron chi connectivity index (χ2n) is 2.84. The fraction of sp³-hybridized carbons (Fsp3) is 0.222. The number of fused-ring (bicyclic) bond motifs is 1. The molecule has 62 valence electrons. The molecule has 2 unspecified atom stereocenters. The maximum Gasteiger partial charge on any atom is 0.194 e. The first-order valence-corrected chi connectivity index (χ1v) is 3.71. The van der Waals surface area contributed by atoms with Crippen LogP contribution in [0.15, 0.2) is 24.3 Å². The molecule has 2 atom stereocenters. The number of benzene rings is 1. The van der Waals surface area contributed by atoms with Crippen LogP contribution in [0.3, 0.4) is 0 Å². The first-order valence-electron chi connectivity index (χ1n) is 3.71. The van der Waals surface area contributed by atoms with Gasteiger partial charge in [0.15, 0.2) is 5.78 Å². The van der Waals surface area contributed by atoms with Gasteiger partial charge >= 0.3 is 0 Å². The fourth-order valence-electron chi connectivity index (χ4n) is 1.45. The van der Waals surface area contributed by atoms with E-state index < -0.39 is 18.0 Å². The molecule has 3 heteroatoms. The van der Waals surface area contributed by atoms with Crippen LogP contribution in [0.4, 0.5) is 0 Å². The Balaban J connectivity index is 2.59. The third-order valence-corrected chi connectivity index (χ3v) is 2.11. The van der Waals surface area contributed by atoms with E-state index in [1.807, 2.05) is 0 Å². The molecule has 0 aromatic heterocycles. The molecule has 0 radical (unpaired) electrons. The van der Waals surface area contributed by atoms with Gasteiger partial charge in [0.1, 0.15) is 12.2 Å². The highest BCUT2D eigenvalue weighted by Crippen LogP contribution is 2.30. The number of aliphatic hydroxyl groups excluding tert-OH is 2. The molecule has 1 aliphatic rings. The number of hydrogen-bond acceptors (Lipinski definition) is 3. The highest BCUT2D eigenvalue weighted by molar-refractivity contribution is 6.04. The molecule has 2 rings (SSSR count). The van der Waals surface area contributed by atoms with Crippen LogP contribution in [-0.4, -0.2) is 22.1 Å². The Kier molecular flexibility index (Phi) is 1.49. The monoisotopic (exact) mass is 164 g/mol. The number of ketones is 1. The van der Waals surface area contributed by atoms with E-state index in [9.17, 15) is 15.0 Å². The van der Waals surface area contributed by atoms with Crippen LogP contribution in [0.5, 0.6) is 0 Å². The maximum absolute atomic E-state index is 11.2.